The second-order valence-electron chi connectivity index (χ2n) is 6.05. The molecule has 0 radical (unpaired) electrons. The number of ketones is 1. The molecule has 2 aromatic rings. The van der Waals surface area contributed by atoms with Crippen molar-refractivity contribution in [3.8, 4) is 17.2 Å². The first-order chi connectivity index (χ1) is 14.0. The van der Waals surface area contributed by atoms with Crippen LogP contribution in [0.4, 0.5) is 0 Å². The summed E-state index contributed by atoms with van der Waals surface area (Å²) in [7, 11) is 1.45. The number of aromatic hydroxyl groups is 1. The second-order valence-corrected chi connectivity index (χ2v) is 6.05. The van der Waals surface area contributed by atoms with Crippen LogP contribution in [0.2, 0.25) is 0 Å². The molecule has 1 N–H and O–H groups in total. The summed E-state index contributed by atoms with van der Waals surface area (Å²) in [6.07, 6.45) is 5.31. The summed E-state index contributed by atoms with van der Waals surface area (Å²) in [6, 6.07) is 9.87. The molecule has 2 rings (SSSR count). The van der Waals surface area contributed by atoms with E-state index in [1.165, 1.54) is 13.2 Å². The zero-order valence-corrected chi connectivity index (χ0v) is 16.5. The van der Waals surface area contributed by atoms with Crippen molar-refractivity contribution in [3.05, 3.63) is 71.8 Å². The summed E-state index contributed by atoms with van der Waals surface area (Å²) in [6.45, 7) is 5.51. The standard InChI is InChI=1S/C23H24O6/c1-4-6-16-13-18(23(27-3)21(25)14-16)9-12-20(24)17-7-10-19(11-8-17)29-15-22(26)28-5-2/h4,7-14,25H,1,5-6,15H2,2-3H3/b12-9+. The van der Waals surface area contributed by atoms with Crippen LogP contribution in [0, 0.1) is 0 Å². The van der Waals surface area contributed by atoms with Crippen LogP contribution in [-0.4, -0.2) is 37.2 Å². The van der Waals surface area contributed by atoms with Gasteiger partial charge in [-0.25, -0.2) is 4.79 Å². The Balaban J connectivity index is 2.10. The van der Waals surface area contributed by atoms with Crippen LogP contribution in [0.15, 0.2) is 55.1 Å². The largest absolute Gasteiger partial charge is 0.504 e. The Bertz CT molecular complexity index is 896. The Morgan fingerprint density at radius 2 is 1.90 bits per heavy atom. The van der Waals surface area contributed by atoms with Gasteiger partial charge in [0.15, 0.2) is 23.9 Å². The van der Waals surface area contributed by atoms with Crippen LogP contribution in [0.1, 0.15) is 28.4 Å². The second kappa shape index (κ2) is 10.7. The van der Waals surface area contributed by atoms with Gasteiger partial charge in [0, 0.05) is 11.1 Å². The van der Waals surface area contributed by atoms with E-state index in [-0.39, 0.29) is 18.1 Å². The van der Waals surface area contributed by atoms with E-state index in [9.17, 15) is 14.7 Å². The number of esters is 1. The number of allylic oxidation sites excluding steroid dienone is 2. The van der Waals surface area contributed by atoms with Gasteiger partial charge in [0.25, 0.3) is 0 Å². The molecular weight excluding hydrogens is 372 g/mol. The van der Waals surface area contributed by atoms with Crippen molar-refractivity contribution in [1.82, 2.24) is 0 Å². The third-order valence-electron chi connectivity index (χ3n) is 3.96. The van der Waals surface area contributed by atoms with E-state index < -0.39 is 5.97 Å². The maximum absolute atomic E-state index is 12.5. The highest BCUT2D eigenvalue weighted by atomic mass is 16.6. The van der Waals surface area contributed by atoms with Crippen LogP contribution in [0.3, 0.4) is 0 Å². The third-order valence-corrected chi connectivity index (χ3v) is 3.96. The third kappa shape index (κ3) is 6.24. The minimum absolute atomic E-state index is 0.00190. The highest BCUT2D eigenvalue weighted by Crippen LogP contribution is 2.33. The molecule has 0 fully saturated rings. The molecule has 0 aromatic heterocycles. The van der Waals surface area contributed by atoms with Crippen LogP contribution >= 0.6 is 0 Å². The molecule has 6 nitrogen and oxygen atoms in total. The molecule has 0 heterocycles. The fourth-order valence-electron chi connectivity index (χ4n) is 2.65. The molecule has 29 heavy (non-hydrogen) atoms. The van der Waals surface area contributed by atoms with E-state index >= 15 is 0 Å². The monoisotopic (exact) mass is 396 g/mol. The number of phenolic OH excluding ortho intramolecular Hbond substituents is 1. The Labute approximate surface area is 170 Å². The van der Waals surface area contributed by atoms with Crippen molar-refractivity contribution in [2.24, 2.45) is 0 Å². The topological polar surface area (TPSA) is 82.1 Å². The number of methoxy groups -OCH3 is 1. The van der Waals surface area contributed by atoms with E-state index in [1.807, 2.05) is 6.07 Å². The normalized spacial score (nSPS) is 10.6. The number of benzene rings is 2. The van der Waals surface area contributed by atoms with Crippen molar-refractivity contribution in [2.45, 2.75) is 13.3 Å². The van der Waals surface area contributed by atoms with Gasteiger partial charge in [-0.1, -0.05) is 6.08 Å². The van der Waals surface area contributed by atoms with Crippen LogP contribution in [0.25, 0.3) is 6.08 Å². The lowest BCUT2D eigenvalue weighted by molar-refractivity contribution is -0.145. The lowest BCUT2D eigenvalue weighted by Crippen LogP contribution is -2.14. The van der Waals surface area contributed by atoms with E-state index in [2.05, 4.69) is 6.58 Å². The average molecular weight is 396 g/mol. The van der Waals surface area contributed by atoms with Gasteiger partial charge >= 0.3 is 5.97 Å². The van der Waals surface area contributed by atoms with Crippen molar-refractivity contribution < 1.29 is 28.9 Å². The fourth-order valence-corrected chi connectivity index (χ4v) is 2.65. The van der Waals surface area contributed by atoms with Gasteiger partial charge < -0.3 is 19.3 Å². The molecule has 6 heteroatoms. The number of carbonyl (C=O) groups excluding carboxylic acids is 2. The first kappa shape index (κ1) is 21.8. The van der Waals surface area contributed by atoms with E-state index in [1.54, 1.807) is 49.4 Å². The van der Waals surface area contributed by atoms with Crippen molar-refractivity contribution in [2.75, 3.05) is 20.3 Å². The summed E-state index contributed by atoms with van der Waals surface area (Å²) in [5.41, 5.74) is 1.90. The highest BCUT2D eigenvalue weighted by molar-refractivity contribution is 6.07. The summed E-state index contributed by atoms with van der Waals surface area (Å²) in [4.78, 5) is 23.8. The zero-order chi connectivity index (χ0) is 21.2. The van der Waals surface area contributed by atoms with E-state index in [4.69, 9.17) is 14.2 Å². The fraction of sp³-hybridized carbons (Fsp3) is 0.217. The number of carbonyl (C=O) groups is 2. The minimum atomic E-state index is -0.452. The zero-order valence-electron chi connectivity index (χ0n) is 16.5. The lowest BCUT2D eigenvalue weighted by Gasteiger charge is -2.09. The smallest absolute Gasteiger partial charge is 0.344 e. The molecule has 0 aliphatic rings. The van der Waals surface area contributed by atoms with E-state index in [0.717, 1.165) is 5.56 Å². The maximum Gasteiger partial charge on any atom is 0.344 e. The Morgan fingerprint density at radius 3 is 2.52 bits per heavy atom. The van der Waals surface area contributed by atoms with Crippen LogP contribution < -0.4 is 9.47 Å². The van der Waals surface area contributed by atoms with Crippen LogP contribution in [-0.2, 0) is 16.0 Å². The quantitative estimate of drug-likeness (QED) is 0.283. The molecule has 0 saturated carbocycles. The maximum atomic E-state index is 12.5. The number of phenols is 1. The molecule has 0 amide bonds. The van der Waals surface area contributed by atoms with Gasteiger partial charge in [-0.05, 0) is 67.5 Å². The molecule has 2 aromatic carbocycles. The first-order valence-electron chi connectivity index (χ1n) is 9.10. The molecular formula is C23H24O6. The average Bonchev–Trinajstić information content (AvgIpc) is 2.71. The number of ether oxygens (including phenoxy) is 3. The van der Waals surface area contributed by atoms with Gasteiger partial charge in [-0.2, -0.15) is 0 Å². The predicted molar refractivity (Wildman–Crippen MR) is 110 cm³/mol. The molecule has 152 valence electrons. The molecule has 0 spiro atoms. The van der Waals surface area contributed by atoms with E-state index in [0.29, 0.717) is 35.7 Å². The number of hydrogen-bond donors (Lipinski definition) is 1. The van der Waals surface area contributed by atoms with Crippen LogP contribution in [0.5, 0.6) is 17.2 Å². The molecule has 0 aliphatic carbocycles. The summed E-state index contributed by atoms with van der Waals surface area (Å²) < 4.78 is 15.3. The molecule has 0 aliphatic heterocycles. The lowest BCUT2D eigenvalue weighted by atomic mass is 10.0. The Kier molecular flexibility index (Phi) is 8.03. The SMILES string of the molecule is C=CCc1cc(O)c(OC)c(/C=C/C(=O)c2ccc(OCC(=O)OCC)cc2)c1. The van der Waals surface area contributed by atoms with Gasteiger partial charge in [-0.3, -0.25) is 4.79 Å². The van der Waals surface area contributed by atoms with Crippen molar-refractivity contribution >= 4 is 17.8 Å². The molecule has 0 unspecified atom stereocenters. The van der Waals surface area contributed by atoms with Crippen molar-refractivity contribution in [3.63, 3.8) is 0 Å². The Morgan fingerprint density at radius 1 is 1.17 bits per heavy atom. The highest BCUT2D eigenvalue weighted by Gasteiger charge is 2.10. The summed E-state index contributed by atoms with van der Waals surface area (Å²) >= 11 is 0. The first-order valence-corrected chi connectivity index (χ1v) is 9.10. The summed E-state index contributed by atoms with van der Waals surface area (Å²) in [5, 5.41) is 10.1. The Hall–Kier alpha value is -3.54. The van der Waals surface area contributed by atoms with Gasteiger partial charge in [0.05, 0.1) is 13.7 Å². The predicted octanol–water partition coefficient (Wildman–Crippen LogP) is 3.97. The van der Waals surface area contributed by atoms with Gasteiger partial charge in [-0.15, -0.1) is 6.58 Å². The van der Waals surface area contributed by atoms with Gasteiger partial charge in [0.2, 0.25) is 0 Å². The molecule has 0 bridgehead atoms. The van der Waals surface area contributed by atoms with Gasteiger partial charge in [0.1, 0.15) is 5.75 Å². The minimum Gasteiger partial charge on any atom is -0.504 e. The molecule has 0 saturated heterocycles. The summed E-state index contributed by atoms with van der Waals surface area (Å²) in [5.74, 6) is 0.0815. The number of hydrogen-bond acceptors (Lipinski definition) is 6. The number of rotatable bonds is 10. The molecule has 0 atom stereocenters. The van der Waals surface area contributed by atoms with Crippen molar-refractivity contribution in [1.29, 1.82) is 0 Å².